The first-order valence-electron chi connectivity index (χ1n) is 12.2. The Balaban J connectivity index is 0.000000377. The second kappa shape index (κ2) is 13.7. The van der Waals surface area contributed by atoms with Crippen LogP contribution in [0.3, 0.4) is 0 Å². The predicted octanol–water partition coefficient (Wildman–Crippen LogP) is 0.351. The minimum absolute atomic E-state index is 0.163. The summed E-state index contributed by atoms with van der Waals surface area (Å²) in [6.45, 7) is 3.96. The monoisotopic (exact) mass is 536 g/mol. The minimum atomic E-state index is -4.59. The van der Waals surface area contributed by atoms with Gasteiger partial charge in [-0.1, -0.05) is 19.3 Å². The lowest BCUT2D eigenvalue weighted by Gasteiger charge is -2.30. The quantitative estimate of drug-likeness (QED) is 0.198. The molecule has 14 heteroatoms. The molecular formula is C23H39F3N6O5. The van der Waals surface area contributed by atoms with E-state index in [1.165, 1.54) is 6.92 Å². The highest BCUT2D eigenvalue weighted by Gasteiger charge is 2.48. The fourth-order valence-corrected chi connectivity index (χ4v) is 3.81. The molecule has 11 nitrogen and oxygen atoms in total. The number of likely N-dealkylation sites (N-methyl/N-ethyl adjacent to an activating group) is 1. The first-order chi connectivity index (χ1) is 17.0. The summed E-state index contributed by atoms with van der Waals surface area (Å²) in [4.78, 5) is 58.9. The molecule has 4 atom stereocenters. The Kier molecular flexibility index (Phi) is 12.0. The van der Waals surface area contributed by atoms with E-state index in [1.807, 2.05) is 11.9 Å². The third-order valence-electron chi connectivity index (χ3n) is 6.64. The zero-order valence-electron chi connectivity index (χ0n) is 21.7. The number of halogens is 3. The van der Waals surface area contributed by atoms with E-state index in [1.54, 1.807) is 5.32 Å². The summed E-state index contributed by atoms with van der Waals surface area (Å²) >= 11 is 0. The lowest BCUT2D eigenvalue weighted by atomic mass is 9.80. The van der Waals surface area contributed by atoms with Crippen LogP contribution in [0.5, 0.6) is 0 Å². The van der Waals surface area contributed by atoms with Crippen molar-refractivity contribution in [2.45, 2.75) is 95.2 Å². The van der Waals surface area contributed by atoms with E-state index >= 15 is 0 Å². The van der Waals surface area contributed by atoms with E-state index < -0.39 is 47.6 Å². The van der Waals surface area contributed by atoms with E-state index in [0.29, 0.717) is 18.6 Å². The van der Waals surface area contributed by atoms with Gasteiger partial charge in [0.2, 0.25) is 11.7 Å². The number of nitrogens with one attached hydrogen (secondary N) is 3. The number of nitrogens with two attached hydrogens (primary N) is 2. The van der Waals surface area contributed by atoms with Crippen molar-refractivity contribution in [3.63, 3.8) is 0 Å². The molecule has 212 valence electrons. The van der Waals surface area contributed by atoms with Crippen LogP contribution in [0.4, 0.5) is 18.0 Å². The van der Waals surface area contributed by atoms with Gasteiger partial charge in [0.25, 0.3) is 5.91 Å². The molecule has 2 aliphatic rings. The van der Waals surface area contributed by atoms with Gasteiger partial charge < -0.3 is 32.2 Å². The van der Waals surface area contributed by atoms with Crippen molar-refractivity contribution in [3.8, 4) is 0 Å². The van der Waals surface area contributed by atoms with Crippen molar-refractivity contribution in [1.29, 1.82) is 0 Å². The van der Waals surface area contributed by atoms with E-state index in [-0.39, 0.29) is 11.9 Å². The molecule has 1 aliphatic heterocycles. The van der Waals surface area contributed by atoms with Gasteiger partial charge in [-0.3, -0.25) is 19.3 Å². The number of carbonyl (C=O) groups excluding carboxylic acids is 5. The maximum atomic E-state index is 12.4. The number of hydrogen-bond donors (Lipinski definition) is 5. The van der Waals surface area contributed by atoms with Crippen LogP contribution in [0.2, 0.25) is 0 Å². The van der Waals surface area contributed by atoms with Gasteiger partial charge in [-0.2, -0.15) is 13.2 Å². The van der Waals surface area contributed by atoms with Gasteiger partial charge in [-0.05, 0) is 59.5 Å². The highest BCUT2D eigenvalue weighted by atomic mass is 19.4. The Hall–Kier alpha value is -2.74. The van der Waals surface area contributed by atoms with Crippen molar-refractivity contribution in [2.75, 3.05) is 13.6 Å². The summed E-state index contributed by atoms with van der Waals surface area (Å²) in [5.41, 5.74) is 8.04. The number of carbonyl (C=O) groups is 5. The highest BCUT2D eigenvalue weighted by molar-refractivity contribution is 6.37. The Morgan fingerprint density at radius 2 is 1.68 bits per heavy atom. The maximum Gasteiger partial charge on any atom is 0.411 e. The van der Waals surface area contributed by atoms with Crippen LogP contribution in [0.25, 0.3) is 0 Å². The zero-order chi connectivity index (χ0) is 28.6. The average molecular weight is 537 g/mol. The molecule has 0 spiro atoms. The van der Waals surface area contributed by atoms with E-state index in [0.717, 1.165) is 52.5 Å². The molecule has 0 bridgehead atoms. The molecule has 0 radical (unpaired) electrons. The lowest BCUT2D eigenvalue weighted by Crippen LogP contribution is -2.60. The molecule has 0 aromatic rings. The molecule has 1 aliphatic carbocycles. The maximum absolute atomic E-state index is 12.4. The molecule has 0 aromatic carbocycles. The van der Waals surface area contributed by atoms with Crippen LogP contribution in [0.1, 0.15) is 59.3 Å². The van der Waals surface area contributed by atoms with Crippen molar-refractivity contribution in [3.05, 3.63) is 0 Å². The van der Waals surface area contributed by atoms with Crippen molar-refractivity contribution < 1.29 is 37.1 Å². The molecule has 0 aromatic heterocycles. The molecule has 4 amide bonds. The number of urea groups is 1. The summed E-state index contributed by atoms with van der Waals surface area (Å²) in [6.07, 6.45) is 1.35. The number of hydrogen-bond acceptors (Lipinski definition) is 7. The van der Waals surface area contributed by atoms with Crippen LogP contribution in [-0.4, -0.2) is 84.3 Å². The fraction of sp³-hybridized carbons (Fsp3) is 0.783. The summed E-state index contributed by atoms with van der Waals surface area (Å²) in [5.74, 6) is -1.38. The number of likely N-dealkylation sites (tertiary alicyclic amines) is 1. The van der Waals surface area contributed by atoms with Gasteiger partial charge in [0.15, 0.2) is 0 Å². The molecule has 2 rings (SSSR count). The molecule has 4 unspecified atom stereocenters. The SMILES string of the molecule is CC(N)C(C=O)NC(=O)NC(C)(C)C(F)(F)F.CN1CCCC1C(=O)NC(CC1CCC1)C(=O)C(N)=O. The third-order valence-corrected chi connectivity index (χ3v) is 6.64. The second-order valence-electron chi connectivity index (χ2n) is 10.2. The van der Waals surface area contributed by atoms with Crippen molar-refractivity contribution in [1.82, 2.24) is 20.9 Å². The van der Waals surface area contributed by atoms with E-state index in [4.69, 9.17) is 11.5 Å². The molecule has 37 heavy (non-hydrogen) atoms. The van der Waals surface area contributed by atoms with E-state index in [2.05, 4.69) is 10.6 Å². The molecule has 1 saturated carbocycles. The summed E-state index contributed by atoms with van der Waals surface area (Å²) in [7, 11) is 1.90. The first-order valence-corrected chi connectivity index (χ1v) is 12.2. The van der Waals surface area contributed by atoms with Crippen molar-refractivity contribution in [2.24, 2.45) is 17.4 Å². The average Bonchev–Trinajstić information content (AvgIpc) is 3.18. The predicted molar refractivity (Wildman–Crippen MR) is 129 cm³/mol. The molecule has 2 fully saturated rings. The third kappa shape index (κ3) is 9.91. The molecule has 1 saturated heterocycles. The summed E-state index contributed by atoms with van der Waals surface area (Å²) in [5, 5.41) is 6.52. The minimum Gasteiger partial charge on any atom is -0.363 e. The number of primary amides is 1. The number of Topliss-reactive ketones (excluding diaryl/α,β-unsaturated/α-hetero) is 1. The summed E-state index contributed by atoms with van der Waals surface area (Å²) in [6, 6.07) is -3.76. The molecule has 7 N–H and O–H groups in total. The number of nitrogens with zero attached hydrogens (tertiary/aromatic N) is 1. The topological polar surface area (TPSA) is 177 Å². The zero-order valence-corrected chi connectivity index (χ0v) is 21.7. The van der Waals surface area contributed by atoms with E-state index in [9.17, 15) is 37.1 Å². The van der Waals surface area contributed by atoms with Crippen LogP contribution in [0, 0.1) is 5.92 Å². The normalized spacial score (nSPS) is 20.8. The van der Waals surface area contributed by atoms with Gasteiger partial charge in [-0.15, -0.1) is 0 Å². The largest absolute Gasteiger partial charge is 0.411 e. The van der Waals surface area contributed by atoms with Crippen LogP contribution < -0.4 is 27.4 Å². The second-order valence-corrected chi connectivity index (χ2v) is 10.2. The van der Waals surface area contributed by atoms with Crippen LogP contribution in [0.15, 0.2) is 0 Å². The standard InChI is InChI=1S/C14H23N3O3.C9H16F3N3O2/c1-17-7-3-6-11(17)14(20)16-10(12(18)13(15)19)8-9-4-2-5-9;1-5(13)6(4-16)14-7(17)15-8(2,3)9(10,11)12/h9-11H,2-8H2,1H3,(H2,15,19)(H,16,20);4-6H,13H2,1-3H3,(H2,14,15,17). The fourth-order valence-electron chi connectivity index (χ4n) is 3.81. The number of rotatable bonds is 10. The van der Waals surface area contributed by atoms with Gasteiger partial charge >= 0.3 is 12.2 Å². The Morgan fingerprint density at radius 3 is 2.05 bits per heavy atom. The van der Waals surface area contributed by atoms with Gasteiger partial charge in [-0.25, -0.2) is 4.79 Å². The Morgan fingerprint density at radius 1 is 1.08 bits per heavy atom. The number of aldehydes is 1. The number of ketones is 1. The van der Waals surface area contributed by atoms with Crippen LogP contribution in [-0.2, 0) is 19.2 Å². The highest BCUT2D eigenvalue weighted by Crippen LogP contribution is 2.31. The van der Waals surface area contributed by atoms with Crippen molar-refractivity contribution >= 4 is 29.9 Å². The van der Waals surface area contributed by atoms with Gasteiger partial charge in [0, 0.05) is 6.04 Å². The first kappa shape index (κ1) is 32.3. The Bertz CT molecular complexity index is 832. The van der Waals surface area contributed by atoms with Crippen LogP contribution >= 0.6 is 0 Å². The molecule has 1 heterocycles. The Labute approximate surface area is 214 Å². The van der Waals surface area contributed by atoms with Gasteiger partial charge in [0.1, 0.15) is 17.9 Å². The number of amides is 4. The smallest absolute Gasteiger partial charge is 0.363 e. The number of alkyl halides is 3. The van der Waals surface area contributed by atoms with Gasteiger partial charge in [0.05, 0.1) is 12.1 Å². The summed E-state index contributed by atoms with van der Waals surface area (Å²) < 4.78 is 37.3. The lowest BCUT2D eigenvalue weighted by molar-refractivity contribution is -0.182. The molecular weight excluding hydrogens is 497 g/mol.